The zero-order chi connectivity index (χ0) is 16.0. The molecule has 122 valence electrons. The minimum absolute atomic E-state index is 0.0120. The summed E-state index contributed by atoms with van der Waals surface area (Å²) in [6.45, 7) is 14.2. The van der Waals surface area contributed by atoms with Gasteiger partial charge in [-0.05, 0) is 41.2 Å². The summed E-state index contributed by atoms with van der Waals surface area (Å²) in [7, 11) is 1.74. The monoisotopic (exact) mass is 290 g/mol. The number of carbonyl (C=O) groups is 1. The van der Waals surface area contributed by atoms with Crippen molar-refractivity contribution in [3.8, 4) is 0 Å². The van der Waals surface area contributed by atoms with E-state index in [4.69, 9.17) is 9.47 Å². The molecule has 0 aliphatic heterocycles. The molecule has 0 heterocycles. The lowest BCUT2D eigenvalue weighted by Crippen LogP contribution is -2.36. The van der Waals surface area contributed by atoms with Crippen molar-refractivity contribution in [2.24, 2.45) is 0 Å². The van der Waals surface area contributed by atoms with E-state index in [0.29, 0.717) is 26.3 Å². The number of hydrogen-bond donors (Lipinski definition) is 2. The van der Waals surface area contributed by atoms with Crippen LogP contribution < -0.4 is 10.6 Å². The molecule has 0 aromatic heterocycles. The van der Waals surface area contributed by atoms with E-state index in [-0.39, 0.29) is 17.6 Å². The van der Waals surface area contributed by atoms with Crippen LogP contribution >= 0.6 is 0 Å². The molecule has 0 radical (unpaired) electrons. The van der Waals surface area contributed by atoms with Crippen molar-refractivity contribution >= 4 is 5.91 Å². The molecule has 0 fully saturated rings. The highest BCUT2D eigenvalue weighted by molar-refractivity contribution is 5.77. The van der Waals surface area contributed by atoms with E-state index in [9.17, 15) is 4.79 Å². The summed E-state index contributed by atoms with van der Waals surface area (Å²) < 4.78 is 11.2. The Kier molecular flexibility index (Phi) is 14.4. The Labute approximate surface area is 124 Å². The van der Waals surface area contributed by atoms with Gasteiger partial charge in [-0.2, -0.15) is 0 Å². The number of carbonyl (C=O) groups excluding carboxylic acids is 1. The first-order valence-corrected chi connectivity index (χ1v) is 7.54. The lowest BCUT2D eigenvalue weighted by Gasteiger charge is -2.25. The Morgan fingerprint density at radius 3 is 2.30 bits per heavy atom. The molecule has 0 aliphatic rings. The number of ether oxygens (including phenoxy) is 2. The molecule has 0 atom stereocenters. The summed E-state index contributed by atoms with van der Waals surface area (Å²) in [5, 5.41) is 5.57. The van der Waals surface area contributed by atoms with Gasteiger partial charge in [0.1, 0.15) is 0 Å². The van der Waals surface area contributed by atoms with Gasteiger partial charge in [0.15, 0.2) is 0 Å². The summed E-state index contributed by atoms with van der Waals surface area (Å²) >= 11 is 0. The Morgan fingerprint density at radius 1 is 1.20 bits per heavy atom. The van der Waals surface area contributed by atoms with Gasteiger partial charge in [0, 0.05) is 13.2 Å². The van der Waals surface area contributed by atoms with E-state index in [1.807, 2.05) is 41.5 Å². The van der Waals surface area contributed by atoms with Crippen molar-refractivity contribution in [2.75, 3.05) is 33.4 Å². The molecule has 5 heteroatoms. The normalized spacial score (nSPS) is 11.0. The van der Waals surface area contributed by atoms with Gasteiger partial charge < -0.3 is 20.1 Å². The second-order valence-electron chi connectivity index (χ2n) is 5.16. The summed E-state index contributed by atoms with van der Waals surface area (Å²) in [5.74, 6) is -0.0120. The topological polar surface area (TPSA) is 59.6 Å². The molecule has 0 unspecified atom stereocenters. The maximum Gasteiger partial charge on any atom is 0.234 e. The van der Waals surface area contributed by atoms with Crippen LogP contribution in [0.4, 0.5) is 0 Å². The minimum Gasteiger partial charge on any atom is -0.379 e. The average molecular weight is 290 g/mol. The van der Waals surface area contributed by atoms with Crippen LogP contribution in [0.2, 0.25) is 0 Å². The maximum atomic E-state index is 11.2. The fourth-order valence-electron chi connectivity index (χ4n) is 1.35. The first-order chi connectivity index (χ1) is 9.37. The predicted octanol–water partition coefficient (Wildman–Crippen LogP) is 1.96. The van der Waals surface area contributed by atoms with Crippen molar-refractivity contribution < 1.29 is 14.3 Å². The fraction of sp³-hybridized carbons (Fsp3) is 0.933. The SMILES string of the molecule is CC.CNCC(=O)NCCOC(C)(C)CCOC(C)C. The number of nitrogens with one attached hydrogen (secondary N) is 2. The second kappa shape index (κ2) is 13.3. The maximum absolute atomic E-state index is 11.2. The predicted molar refractivity (Wildman–Crippen MR) is 84.0 cm³/mol. The van der Waals surface area contributed by atoms with E-state index in [0.717, 1.165) is 6.42 Å². The molecule has 0 spiro atoms. The summed E-state index contributed by atoms with van der Waals surface area (Å²) in [6.07, 6.45) is 1.09. The molecule has 0 aliphatic carbocycles. The van der Waals surface area contributed by atoms with Crippen LogP contribution in [0.1, 0.15) is 48.0 Å². The first kappa shape index (κ1) is 21.6. The average Bonchev–Trinajstić information content (AvgIpc) is 2.37. The van der Waals surface area contributed by atoms with Crippen LogP contribution in [0.25, 0.3) is 0 Å². The van der Waals surface area contributed by atoms with E-state index < -0.39 is 0 Å². The van der Waals surface area contributed by atoms with Crippen LogP contribution in [-0.4, -0.2) is 51.0 Å². The third-order valence-corrected chi connectivity index (χ3v) is 2.41. The molecule has 0 saturated carbocycles. The molecule has 1 amide bonds. The molecule has 2 N–H and O–H groups in total. The molecule has 0 saturated heterocycles. The lowest BCUT2D eigenvalue weighted by molar-refractivity contribution is -0.120. The van der Waals surface area contributed by atoms with Crippen LogP contribution in [0, 0.1) is 0 Å². The molecule has 20 heavy (non-hydrogen) atoms. The molecule has 0 bridgehead atoms. The highest BCUT2D eigenvalue weighted by Gasteiger charge is 2.18. The van der Waals surface area contributed by atoms with Crippen LogP contribution in [0.15, 0.2) is 0 Å². The Morgan fingerprint density at radius 2 is 1.80 bits per heavy atom. The first-order valence-electron chi connectivity index (χ1n) is 7.54. The second-order valence-corrected chi connectivity index (χ2v) is 5.16. The molecule has 0 aromatic rings. The van der Waals surface area contributed by atoms with Crippen LogP contribution in [0.5, 0.6) is 0 Å². The lowest BCUT2D eigenvalue weighted by atomic mass is 10.1. The largest absolute Gasteiger partial charge is 0.379 e. The smallest absolute Gasteiger partial charge is 0.234 e. The summed E-state index contributed by atoms with van der Waals surface area (Å²) in [5.41, 5.74) is -0.220. The van der Waals surface area contributed by atoms with E-state index in [1.165, 1.54) is 0 Å². The quantitative estimate of drug-likeness (QED) is 0.604. The zero-order valence-corrected chi connectivity index (χ0v) is 14.3. The van der Waals surface area contributed by atoms with Crippen molar-refractivity contribution in [1.29, 1.82) is 0 Å². The molecular formula is C15H34N2O3. The number of amides is 1. The van der Waals surface area contributed by atoms with E-state index in [2.05, 4.69) is 10.6 Å². The molecular weight excluding hydrogens is 256 g/mol. The van der Waals surface area contributed by atoms with Gasteiger partial charge in [0.25, 0.3) is 0 Å². The van der Waals surface area contributed by atoms with Gasteiger partial charge in [-0.3, -0.25) is 4.79 Å². The minimum atomic E-state index is -0.220. The van der Waals surface area contributed by atoms with Gasteiger partial charge in [0.2, 0.25) is 5.91 Å². The van der Waals surface area contributed by atoms with Crippen LogP contribution in [0.3, 0.4) is 0 Å². The number of hydrogen-bond acceptors (Lipinski definition) is 4. The Hall–Kier alpha value is -0.650. The van der Waals surface area contributed by atoms with Gasteiger partial charge in [-0.15, -0.1) is 0 Å². The van der Waals surface area contributed by atoms with E-state index in [1.54, 1.807) is 7.05 Å². The highest BCUT2D eigenvalue weighted by Crippen LogP contribution is 2.14. The Bertz CT molecular complexity index is 231. The van der Waals surface area contributed by atoms with Crippen molar-refractivity contribution in [1.82, 2.24) is 10.6 Å². The highest BCUT2D eigenvalue weighted by atomic mass is 16.5. The standard InChI is InChI=1S/C13H28N2O3.C2H6/c1-11(2)17-8-6-13(3,4)18-9-7-15-12(16)10-14-5;1-2/h11,14H,6-10H2,1-5H3,(H,15,16);1-2H3. The third-order valence-electron chi connectivity index (χ3n) is 2.41. The summed E-state index contributed by atoms with van der Waals surface area (Å²) in [4.78, 5) is 11.2. The van der Waals surface area contributed by atoms with Gasteiger partial charge in [0.05, 0.1) is 24.9 Å². The zero-order valence-electron chi connectivity index (χ0n) is 14.3. The molecule has 0 aromatic carbocycles. The number of rotatable bonds is 10. The molecule has 0 rings (SSSR count). The van der Waals surface area contributed by atoms with Crippen molar-refractivity contribution in [3.05, 3.63) is 0 Å². The number of likely N-dealkylation sites (N-methyl/N-ethyl adjacent to an activating group) is 1. The van der Waals surface area contributed by atoms with Gasteiger partial charge in [-0.1, -0.05) is 13.8 Å². The fourth-order valence-corrected chi connectivity index (χ4v) is 1.35. The van der Waals surface area contributed by atoms with Crippen LogP contribution in [-0.2, 0) is 14.3 Å². The summed E-state index contributed by atoms with van der Waals surface area (Å²) in [6, 6.07) is 0. The van der Waals surface area contributed by atoms with Gasteiger partial charge in [-0.25, -0.2) is 0 Å². The van der Waals surface area contributed by atoms with E-state index >= 15 is 0 Å². The van der Waals surface area contributed by atoms with Crippen molar-refractivity contribution in [3.63, 3.8) is 0 Å². The third kappa shape index (κ3) is 15.4. The Balaban J connectivity index is 0. The molecule has 5 nitrogen and oxygen atoms in total. The van der Waals surface area contributed by atoms with Crippen molar-refractivity contribution in [2.45, 2.75) is 59.7 Å². The van der Waals surface area contributed by atoms with Gasteiger partial charge >= 0.3 is 0 Å².